The monoisotopic (exact) mass is 282 g/mol. The fourth-order valence-corrected chi connectivity index (χ4v) is 3.75. The number of carboxylic acids is 1. The number of aliphatic hydroxyl groups is 1. The summed E-state index contributed by atoms with van der Waals surface area (Å²) < 4.78 is 5.32. The summed E-state index contributed by atoms with van der Waals surface area (Å²) in [6.45, 7) is 7.45. The van der Waals surface area contributed by atoms with Gasteiger partial charge in [0, 0.05) is 17.9 Å². The van der Waals surface area contributed by atoms with Crippen molar-refractivity contribution in [1.29, 1.82) is 0 Å². The van der Waals surface area contributed by atoms with E-state index >= 15 is 0 Å². The van der Waals surface area contributed by atoms with E-state index in [1.807, 2.05) is 6.92 Å². The van der Waals surface area contributed by atoms with Gasteiger partial charge in [-0.05, 0) is 38.0 Å². The summed E-state index contributed by atoms with van der Waals surface area (Å²) >= 11 is 0. The highest BCUT2D eigenvalue weighted by Crippen LogP contribution is 2.47. The van der Waals surface area contributed by atoms with Gasteiger partial charge in [0.1, 0.15) is 11.7 Å². The fraction of sp³-hybridized carbons (Fsp3) is 0.733. The van der Waals surface area contributed by atoms with Crippen molar-refractivity contribution in [3.63, 3.8) is 0 Å². The average Bonchev–Trinajstić information content (AvgIpc) is 2.58. The fourth-order valence-electron chi connectivity index (χ4n) is 3.75. The maximum Gasteiger partial charge on any atom is 0.334 e. The molecule has 0 aromatic heterocycles. The van der Waals surface area contributed by atoms with Crippen LogP contribution in [0.4, 0.5) is 0 Å². The molecule has 0 radical (unpaired) electrons. The number of carboxylic acid groups (broad SMARTS) is 1. The first kappa shape index (κ1) is 15.0. The lowest BCUT2D eigenvalue weighted by atomic mass is 9.74. The van der Waals surface area contributed by atoms with Crippen LogP contribution in [-0.4, -0.2) is 33.9 Å². The molecule has 1 saturated heterocycles. The maximum atomic E-state index is 11.7. The summed E-state index contributed by atoms with van der Waals surface area (Å²) in [6, 6.07) is 0. The molecule has 0 aromatic rings. The van der Waals surface area contributed by atoms with Crippen LogP contribution in [0.15, 0.2) is 12.2 Å². The van der Waals surface area contributed by atoms with E-state index in [0.29, 0.717) is 12.0 Å². The minimum atomic E-state index is -1.22. The largest absolute Gasteiger partial charge is 0.481 e. The SMILES string of the molecule is C=C1C(=O)O[C@@H]2[C@H]1CC[C@H](C)[C@@H](CCC(=O)O)[C@]2(C)O. The van der Waals surface area contributed by atoms with Crippen molar-refractivity contribution in [3.05, 3.63) is 12.2 Å². The Hall–Kier alpha value is -1.36. The number of fused-ring (bicyclic) bond motifs is 1. The lowest BCUT2D eigenvalue weighted by Gasteiger charge is -2.38. The van der Waals surface area contributed by atoms with Gasteiger partial charge in [0.25, 0.3) is 0 Å². The lowest BCUT2D eigenvalue weighted by molar-refractivity contribution is -0.162. The molecule has 0 aromatic carbocycles. The molecule has 5 nitrogen and oxygen atoms in total. The Kier molecular flexibility index (Phi) is 3.91. The van der Waals surface area contributed by atoms with Crippen LogP contribution < -0.4 is 0 Å². The second-order valence-electron chi connectivity index (χ2n) is 6.28. The van der Waals surface area contributed by atoms with Crippen molar-refractivity contribution in [3.8, 4) is 0 Å². The van der Waals surface area contributed by atoms with Crippen LogP contribution in [0.1, 0.15) is 39.5 Å². The lowest BCUT2D eigenvalue weighted by Crippen LogP contribution is -2.49. The van der Waals surface area contributed by atoms with Crippen molar-refractivity contribution in [2.75, 3.05) is 0 Å². The van der Waals surface area contributed by atoms with Crippen LogP contribution in [0.2, 0.25) is 0 Å². The Labute approximate surface area is 118 Å². The minimum Gasteiger partial charge on any atom is -0.481 e. The van der Waals surface area contributed by atoms with Crippen molar-refractivity contribution in [1.82, 2.24) is 0 Å². The second kappa shape index (κ2) is 5.20. The second-order valence-corrected chi connectivity index (χ2v) is 6.28. The molecule has 1 aliphatic heterocycles. The number of rotatable bonds is 3. The van der Waals surface area contributed by atoms with E-state index in [9.17, 15) is 14.7 Å². The molecule has 5 heteroatoms. The van der Waals surface area contributed by atoms with Gasteiger partial charge in [-0.15, -0.1) is 0 Å². The van der Waals surface area contributed by atoms with Crippen LogP contribution in [0, 0.1) is 17.8 Å². The summed E-state index contributed by atoms with van der Waals surface area (Å²) in [5.74, 6) is -1.49. The van der Waals surface area contributed by atoms with E-state index in [4.69, 9.17) is 9.84 Å². The first-order chi connectivity index (χ1) is 9.25. The summed E-state index contributed by atoms with van der Waals surface area (Å²) in [4.78, 5) is 22.5. The van der Waals surface area contributed by atoms with Gasteiger partial charge in [0.15, 0.2) is 0 Å². The van der Waals surface area contributed by atoms with Crippen molar-refractivity contribution in [2.24, 2.45) is 17.8 Å². The Bertz CT molecular complexity index is 440. The molecule has 2 aliphatic rings. The van der Waals surface area contributed by atoms with Gasteiger partial charge in [-0.2, -0.15) is 0 Å². The number of aliphatic carboxylic acids is 1. The quantitative estimate of drug-likeness (QED) is 0.608. The molecular formula is C15H22O5. The molecule has 1 saturated carbocycles. The average molecular weight is 282 g/mol. The van der Waals surface area contributed by atoms with Crippen LogP contribution in [-0.2, 0) is 14.3 Å². The summed E-state index contributed by atoms with van der Waals surface area (Å²) in [7, 11) is 0. The molecule has 0 unspecified atom stereocenters. The molecule has 0 bridgehead atoms. The first-order valence-corrected chi connectivity index (χ1v) is 7.09. The highest BCUT2D eigenvalue weighted by Gasteiger charge is 2.54. The molecule has 2 rings (SSSR count). The summed E-state index contributed by atoms with van der Waals surface area (Å²) in [6.07, 6.45) is 1.37. The molecule has 112 valence electrons. The number of carbonyl (C=O) groups is 2. The van der Waals surface area contributed by atoms with Gasteiger partial charge < -0.3 is 14.9 Å². The van der Waals surface area contributed by atoms with E-state index in [0.717, 1.165) is 12.8 Å². The standard InChI is InChI=1S/C15H22O5/c1-8-4-5-10-9(2)14(18)20-13(10)15(3,19)11(8)6-7-12(16)17/h8,10-11,13,19H,2,4-7H2,1,3H3,(H,16,17)/t8-,10-,11+,13+,15-/m0/s1. The third-order valence-corrected chi connectivity index (χ3v) is 4.93. The zero-order valence-electron chi connectivity index (χ0n) is 12.0. The highest BCUT2D eigenvalue weighted by atomic mass is 16.6. The molecule has 2 N–H and O–H groups in total. The Morgan fingerprint density at radius 3 is 2.75 bits per heavy atom. The van der Waals surface area contributed by atoms with Gasteiger partial charge >= 0.3 is 11.9 Å². The number of ether oxygens (including phenoxy) is 1. The molecular weight excluding hydrogens is 260 g/mol. The number of hydrogen-bond acceptors (Lipinski definition) is 4. The molecule has 1 heterocycles. The van der Waals surface area contributed by atoms with E-state index < -0.39 is 23.6 Å². The van der Waals surface area contributed by atoms with Crippen molar-refractivity contribution >= 4 is 11.9 Å². The normalized spacial score (nSPS) is 41.0. The smallest absolute Gasteiger partial charge is 0.334 e. The van der Waals surface area contributed by atoms with Crippen LogP contribution >= 0.6 is 0 Å². The van der Waals surface area contributed by atoms with Crippen LogP contribution in [0.3, 0.4) is 0 Å². The van der Waals surface area contributed by atoms with Crippen LogP contribution in [0.5, 0.6) is 0 Å². The predicted octanol–water partition coefficient (Wildman–Crippen LogP) is 1.75. The third-order valence-electron chi connectivity index (χ3n) is 4.93. The number of carbonyl (C=O) groups excluding carboxylic acids is 1. The maximum absolute atomic E-state index is 11.7. The molecule has 0 amide bonds. The zero-order chi connectivity index (χ0) is 15.1. The minimum absolute atomic E-state index is 0.0113. The molecule has 0 spiro atoms. The Morgan fingerprint density at radius 1 is 1.50 bits per heavy atom. The van der Waals surface area contributed by atoms with Gasteiger partial charge in [-0.1, -0.05) is 13.5 Å². The van der Waals surface area contributed by atoms with Crippen molar-refractivity contribution in [2.45, 2.75) is 51.2 Å². The van der Waals surface area contributed by atoms with E-state index in [2.05, 4.69) is 6.58 Å². The molecule has 1 aliphatic carbocycles. The third kappa shape index (κ3) is 2.46. The predicted molar refractivity (Wildman–Crippen MR) is 71.9 cm³/mol. The van der Waals surface area contributed by atoms with Gasteiger partial charge in [0.05, 0.1) is 0 Å². The number of esters is 1. The van der Waals surface area contributed by atoms with Crippen LogP contribution in [0.25, 0.3) is 0 Å². The highest BCUT2D eigenvalue weighted by molar-refractivity contribution is 5.91. The van der Waals surface area contributed by atoms with E-state index in [-0.39, 0.29) is 24.2 Å². The first-order valence-electron chi connectivity index (χ1n) is 7.09. The zero-order valence-corrected chi connectivity index (χ0v) is 12.0. The molecule has 2 fully saturated rings. The van der Waals surface area contributed by atoms with E-state index in [1.54, 1.807) is 6.92 Å². The van der Waals surface area contributed by atoms with Crippen molar-refractivity contribution < 1.29 is 24.5 Å². The summed E-state index contributed by atoms with van der Waals surface area (Å²) in [5.41, 5.74) is -0.785. The molecule has 5 atom stereocenters. The Balaban J connectivity index is 2.26. The molecule has 20 heavy (non-hydrogen) atoms. The number of hydrogen-bond donors (Lipinski definition) is 2. The van der Waals surface area contributed by atoms with E-state index in [1.165, 1.54) is 0 Å². The topological polar surface area (TPSA) is 83.8 Å². The van der Waals surface area contributed by atoms with Gasteiger partial charge in [0.2, 0.25) is 0 Å². The summed E-state index contributed by atoms with van der Waals surface area (Å²) in [5, 5.41) is 19.8. The van der Waals surface area contributed by atoms with Gasteiger partial charge in [-0.3, -0.25) is 4.79 Å². The van der Waals surface area contributed by atoms with Gasteiger partial charge in [-0.25, -0.2) is 4.79 Å². The Morgan fingerprint density at radius 2 is 2.15 bits per heavy atom.